The summed E-state index contributed by atoms with van der Waals surface area (Å²) >= 11 is 1.58. The highest BCUT2D eigenvalue weighted by atomic mass is 32.2. The number of carboxylic acid groups (broad SMARTS) is 1. The van der Waals surface area contributed by atoms with Crippen molar-refractivity contribution >= 4 is 35.5 Å². The molecular formula is C25H40N4O5S. The van der Waals surface area contributed by atoms with Crippen molar-refractivity contribution in [2.45, 2.75) is 71.1 Å². The molecule has 35 heavy (non-hydrogen) atoms. The molecule has 5 unspecified atom stereocenters. The van der Waals surface area contributed by atoms with E-state index >= 15 is 0 Å². The summed E-state index contributed by atoms with van der Waals surface area (Å²) in [4.78, 5) is 50.7. The van der Waals surface area contributed by atoms with Gasteiger partial charge in [0, 0.05) is 6.42 Å². The van der Waals surface area contributed by atoms with Crippen molar-refractivity contribution in [3.8, 4) is 0 Å². The summed E-state index contributed by atoms with van der Waals surface area (Å²) in [6, 6.07) is 5.36. The van der Waals surface area contributed by atoms with Crippen LogP contribution in [0.25, 0.3) is 0 Å². The zero-order valence-corrected chi connectivity index (χ0v) is 22.1. The summed E-state index contributed by atoms with van der Waals surface area (Å²) in [5, 5.41) is 17.5. The van der Waals surface area contributed by atoms with Crippen LogP contribution in [0.15, 0.2) is 30.3 Å². The molecule has 3 amide bonds. The van der Waals surface area contributed by atoms with Gasteiger partial charge in [-0.1, -0.05) is 64.4 Å². The maximum atomic E-state index is 13.3. The largest absolute Gasteiger partial charge is 0.480 e. The molecule has 0 saturated carbocycles. The highest BCUT2D eigenvalue weighted by Gasteiger charge is 2.33. The summed E-state index contributed by atoms with van der Waals surface area (Å²) in [5.41, 5.74) is 6.78. The number of rotatable bonds is 15. The van der Waals surface area contributed by atoms with Crippen molar-refractivity contribution in [1.29, 1.82) is 0 Å². The first-order valence-electron chi connectivity index (χ1n) is 11.9. The number of nitrogens with one attached hydrogen (secondary N) is 3. The average molecular weight is 509 g/mol. The highest BCUT2D eigenvalue weighted by Crippen LogP contribution is 2.12. The highest BCUT2D eigenvalue weighted by molar-refractivity contribution is 7.98. The van der Waals surface area contributed by atoms with Gasteiger partial charge >= 0.3 is 5.97 Å². The number of hydrogen-bond acceptors (Lipinski definition) is 6. The average Bonchev–Trinajstić information content (AvgIpc) is 2.83. The van der Waals surface area contributed by atoms with Gasteiger partial charge in [-0.3, -0.25) is 14.4 Å². The molecule has 0 fully saturated rings. The van der Waals surface area contributed by atoms with E-state index in [4.69, 9.17) is 5.73 Å². The Labute approximate surface area is 212 Å². The molecule has 0 spiro atoms. The third-order valence-electron chi connectivity index (χ3n) is 5.91. The van der Waals surface area contributed by atoms with Gasteiger partial charge in [0.05, 0.1) is 6.04 Å². The Morgan fingerprint density at radius 2 is 1.54 bits per heavy atom. The first-order chi connectivity index (χ1) is 16.5. The standard InChI is InChI=1S/C25H40N4O5S/c1-6-16(4)21(29-22(30)18(26)12-13-35-5)24(32)27-19(14-17-10-8-7-9-11-17)23(31)28-20(15(2)3)25(33)34/h7-11,15-16,18-21H,6,12-14,26H2,1-5H3,(H,27,32)(H,28,31)(H,29,30)(H,33,34). The minimum Gasteiger partial charge on any atom is -0.480 e. The number of hydrogen-bond donors (Lipinski definition) is 5. The zero-order valence-electron chi connectivity index (χ0n) is 21.2. The quantitative estimate of drug-likeness (QED) is 0.241. The maximum Gasteiger partial charge on any atom is 0.326 e. The van der Waals surface area contributed by atoms with E-state index < -0.39 is 47.9 Å². The summed E-state index contributed by atoms with van der Waals surface area (Å²) < 4.78 is 0. The molecule has 5 atom stereocenters. The maximum absolute atomic E-state index is 13.3. The minimum atomic E-state index is -1.15. The van der Waals surface area contributed by atoms with E-state index in [0.717, 1.165) is 5.56 Å². The Bertz CT molecular complexity index is 836. The molecule has 1 aromatic rings. The first kappa shape index (κ1) is 30.4. The van der Waals surface area contributed by atoms with Crippen LogP contribution in [0.1, 0.15) is 46.1 Å². The Hall–Kier alpha value is -2.59. The van der Waals surface area contributed by atoms with Crippen LogP contribution in [0.4, 0.5) is 0 Å². The third kappa shape index (κ3) is 10.3. The Morgan fingerprint density at radius 3 is 2.06 bits per heavy atom. The minimum absolute atomic E-state index is 0.164. The van der Waals surface area contributed by atoms with Gasteiger partial charge in [0.1, 0.15) is 18.1 Å². The predicted molar refractivity (Wildman–Crippen MR) is 139 cm³/mol. The fourth-order valence-electron chi connectivity index (χ4n) is 3.43. The number of nitrogens with two attached hydrogens (primary N) is 1. The second-order valence-electron chi connectivity index (χ2n) is 9.08. The van der Waals surface area contributed by atoms with Crippen molar-refractivity contribution in [1.82, 2.24) is 16.0 Å². The van der Waals surface area contributed by atoms with Gasteiger partial charge in [-0.2, -0.15) is 11.8 Å². The third-order valence-corrected chi connectivity index (χ3v) is 6.55. The lowest BCUT2D eigenvalue weighted by atomic mass is 9.96. The van der Waals surface area contributed by atoms with Gasteiger partial charge in [0.15, 0.2) is 0 Å². The monoisotopic (exact) mass is 508 g/mol. The number of carbonyl (C=O) groups is 4. The van der Waals surface area contributed by atoms with E-state index in [-0.39, 0.29) is 18.3 Å². The topological polar surface area (TPSA) is 151 Å². The molecule has 9 nitrogen and oxygen atoms in total. The zero-order chi connectivity index (χ0) is 26.5. The molecule has 0 aliphatic heterocycles. The van der Waals surface area contributed by atoms with E-state index in [1.54, 1.807) is 25.6 Å². The summed E-state index contributed by atoms with van der Waals surface area (Å²) in [5.74, 6) is -2.54. The molecule has 0 saturated heterocycles. The predicted octanol–water partition coefficient (Wildman–Crippen LogP) is 1.55. The first-order valence-corrected chi connectivity index (χ1v) is 13.3. The lowest BCUT2D eigenvalue weighted by Gasteiger charge is -2.28. The van der Waals surface area contributed by atoms with Crippen molar-refractivity contribution in [2.24, 2.45) is 17.6 Å². The SMILES string of the molecule is CCC(C)C(NC(=O)C(N)CCSC)C(=O)NC(Cc1ccccc1)C(=O)NC(C(=O)O)C(C)C. The molecule has 10 heteroatoms. The van der Waals surface area contributed by atoms with E-state index in [9.17, 15) is 24.3 Å². The summed E-state index contributed by atoms with van der Waals surface area (Å²) in [6.07, 6.45) is 3.18. The van der Waals surface area contributed by atoms with Crippen LogP contribution in [-0.2, 0) is 25.6 Å². The molecule has 196 valence electrons. The number of carbonyl (C=O) groups excluding carboxylic acids is 3. The molecular weight excluding hydrogens is 468 g/mol. The molecule has 6 N–H and O–H groups in total. The fraction of sp³-hybridized carbons (Fsp3) is 0.600. The van der Waals surface area contributed by atoms with Crippen LogP contribution in [0.3, 0.4) is 0 Å². The Balaban J connectivity index is 3.11. The van der Waals surface area contributed by atoms with Crippen molar-refractivity contribution in [2.75, 3.05) is 12.0 Å². The number of carboxylic acids is 1. The molecule has 0 radical (unpaired) electrons. The smallest absolute Gasteiger partial charge is 0.326 e. The normalized spacial score (nSPS) is 15.4. The lowest BCUT2D eigenvalue weighted by Crippen LogP contribution is -2.59. The summed E-state index contributed by atoms with van der Waals surface area (Å²) in [6.45, 7) is 7.12. The van der Waals surface area contributed by atoms with Gasteiger partial charge in [-0.15, -0.1) is 0 Å². The van der Waals surface area contributed by atoms with E-state index in [1.165, 1.54) is 0 Å². The molecule has 1 rings (SSSR count). The molecule has 0 heterocycles. The second kappa shape index (κ2) is 15.4. The van der Waals surface area contributed by atoms with E-state index in [2.05, 4.69) is 16.0 Å². The Kier molecular flexibility index (Phi) is 13.4. The van der Waals surface area contributed by atoms with Crippen LogP contribution >= 0.6 is 11.8 Å². The molecule has 1 aromatic carbocycles. The van der Waals surface area contributed by atoms with Crippen LogP contribution < -0.4 is 21.7 Å². The van der Waals surface area contributed by atoms with Crippen LogP contribution in [0.5, 0.6) is 0 Å². The van der Waals surface area contributed by atoms with Gasteiger partial charge in [0.2, 0.25) is 17.7 Å². The van der Waals surface area contributed by atoms with Crippen LogP contribution in [-0.4, -0.2) is 65.0 Å². The lowest BCUT2D eigenvalue weighted by molar-refractivity contribution is -0.143. The molecule has 0 aromatic heterocycles. The van der Waals surface area contributed by atoms with Crippen molar-refractivity contribution < 1.29 is 24.3 Å². The van der Waals surface area contributed by atoms with Crippen LogP contribution in [0, 0.1) is 11.8 Å². The van der Waals surface area contributed by atoms with E-state index in [1.807, 2.05) is 50.4 Å². The van der Waals surface area contributed by atoms with Gasteiger partial charge in [0.25, 0.3) is 0 Å². The summed E-state index contributed by atoms with van der Waals surface area (Å²) in [7, 11) is 0. The van der Waals surface area contributed by atoms with Crippen molar-refractivity contribution in [3.05, 3.63) is 35.9 Å². The van der Waals surface area contributed by atoms with Gasteiger partial charge < -0.3 is 26.8 Å². The Morgan fingerprint density at radius 1 is 0.943 bits per heavy atom. The second-order valence-corrected chi connectivity index (χ2v) is 10.1. The van der Waals surface area contributed by atoms with Crippen LogP contribution in [0.2, 0.25) is 0 Å². The molecule has 0 bridgehead atoms. The fourth-order valence-corrected chi connectivity index (χ4v) is 3.92. The number of aliphatic carboxylic acids is 1. The molecule has 0 aliphatic carbocycles. The number of amides is 3. The number of thioether (sulfide) groups is 1. The molecule has 0 aliphatic rings. The van der Waals surface area contributed by atoms with Gasteiger partial charge in [-0.05, 0) is 35.8 Å². The van der Waals surface area contributed by atoms with Gasteiger partial charge in [-0.25, -0.2) is 4.79 Å². The van der Waals surface area contributed by atoms with Crippen molar-refractivity contribution in [3.63, 3.8) is 0 Å². The van der Waals surface area contributed by atoms with E-state index in [0.29, 0.717) is 18.6 Å². The number of benzene rings is 1.